The molecule has 0 aliphatic rings. The van der Waals surface area contributed by atoms with Crippen LogP contribution in [0.3, 0.4) is 0 Å². The van der Waals surface area contributed by atoms with Crippen LogP contribution in [0.2, 0.25) is 25.7 Å². The van der Waals surface area contributed by atoms with Gasteiger partial charge in [-0.15, -0.1) is 5.10 Å². The second-order valence-electron chi connectivity index (χ2n) is 8.49. The summed E-state index contributed by atoms with van der Waals surface area (Å²) in [6, 6.07) is 4.17. The number of hydrogen-bond donors (Lipinski definition) is 2. The summed E-state index contributed by atoms with van der Waals surface area (Å²) in [5, 5.41) is 21.8. The van der Waals surface area contributed by atoms with Gasteiger partial charge in [0.1, 0.15) is 6.73 Å². The molecule has 2 aromatic heterocycles. The first-order valence-corrected chi connectivity index (χ1v) is 13.7. The lowest BCUT2D eigenvalue weighted by molar-refractivity contribution is -0.143. The average molecular weight is 422 g/mol. The summed E-state index contributed by atoms with van der Waals surface area (Å²) in [6.07, 6.45) is 3.25. The molecule has 0 spiro atoms. The van der Waals surface area contributed by atoms with Crippen molar-refractivity contribution in [3.63, 3.8) is 0 Å². The largest absolute Gasteiger partial charge is 0.481 e. The molecule has 160 valence electrons. The Morgan fingerprint density at radius 1 is 1.34 bits per heavy atom. The summed E-state index contributed by atoms with van der Waals surface area (Å²) in [7, 11) is -1.21. The van der Waals surface area contributed by atoms with Gasteiger partial charge in [-0.05, 0) is 34.9 Å². The van der Waals surface area contributed by atoms with Crippen molar-refractivity contribution in [3.8, 4) is 0 Å². The van der Waals surface area contributed by atoms with Crippen molar-refractivity contribution in [3.05, 3.63) is 40.1 Å². The van der Waals surface area contributed by atoms with E-state index in [-0.39, 0.29) is 12.3 Å². The number of ether oxygens (including phenoxy) is 1. The average Bonchev–Trinajstić information content (AvgIpc) is 3.10. The minimum atomic E-state index is -1.21. The fourth-order valence-electron chi connectivity index (χ4n) is 3.14. The van der Waals surface area contributed by atoms with Crippen LogP contribution in [0.15, 0.2) is 23.1 Å². The van der Waals surface area contributed by atoms with E-state index in [1.54, 1.807) is 16.9 Å². The zero-order chi connectivity index (χ0) is 21.4. The van der Waals surface area contributed by atoms with Gasteiger partial charge >= 0.3 is 5.97 Å². The molecule has 0 aromatic carbocycles. The molecule has 0 bridgehead atoms. The second-order valence-corrected chi connectivity index (χ2v) is 14.1. The van der Waals surface area contributed by atoms with Crippen LogP contribution in [0.1, 0.15) is 37.1 Å². The summed E-state index contributed by atoms with van der Waals surface area (Å²) in [4.78, 5) is 26.0. The fraction of sp³-hybridized carbons (Fsp3) is 0.632. The molecule has 0 saturated carbocycles. The number of H-pyrrole nitrogens is 1. The van der Waals surface area contributed by atoms with Crippen LogP contribution in [0.25, 0.3) is 0 Å². The van der Waals surface area contributed by atoms with Gasteiger partial charge in [0.15, 0.2) is 5.82 Å². The lowest BCUT2D eigenvalue weighted by Crippen LogP contribution is -2.27. The first-order valence-electron chi connectivity index (χ1n) is 9.95. The maximum absolute atomic E-state index is 12.0. The Kier molecular flexibility index (Phi) is 8.27. The van der Waals surface area contributed by atoms with Crippen molar-refractivity contribution in [2.75, 3.05) is 6.61 Å². The maximum atomic E-state index is 12.0. The predicted molar refractivity (Wildman–Crippen MR) is 111 cm³/mol. The number of hydrogen-bond acceptors (Lipinski definition) is 6. The Hall–Kier alpha value is -2.33. The van der Waals surface area contributed by atoms with Gasteiger partial charge in [-0.1, -0.05) is 39.1 Å². The van der Waals surface area contributed by atoms with Gasteiger partial charge in [0.2, 0.25) is 5.56 Å². The molecule has 0 radical (unpaired) electrons. The van der Waals surface area contributed by atoms with Crippen LogP contribution in [0.4, 0.5) is 0 Å². The highest BCUT2D eigenvalue weighted by molar-refractivity contribution is 6.76. The number of carboxylic acid groups (broad SMARTS) is 1. The van der Waals surface area contributed by atoms with Crippen LogP contribution < -0.4 is 5.56 Å². The number of pyridine rings is 1. The van der Waals surface area contributed by atoms with Crippen LogP contribution >= 0.6 is 0 Å². The van der Waals surface area contributed by atoms with Crippen molar-refractivity contribution >= 4 is 14.0 Å². The topological polar surface area (TPSA) is 123 Å². The molecule has 2 N–H and O–H groups in total. The number of tetrazole rings is 1. The van der Waals surface area contributed by atoms with E-state index in [1.807, 2.05) is 6.92 Å². The molecule has 29 heavy (non-hydrogen) atoms. The molecule has 2 heterocycles. The van der Waals surface area contributed by atoms with Gasteiger partial charge in [-0.3, -0.25) is 9.59 Å². The molecule has 0 fully saturated rings. The van der Waals surface area contributed by atoms with Crippen LogP contribution in [-0.4, -0.2) is 50.9 Å². The predicted octanol–water partition coefficient (Wildman–Crippen LogP) is 2.50. The van der Waals surface area contributed by atoms with Gasteiger partial charge in [0.25, 0.3) is 0 Å². The molecule has 10 heteroatoms. The Labute approximate surface area is 171 Å². The number of carboxylic acids is 1. The monoisotopic (exact) mass is 421 g/mol. The molecule has 2 rings (SSSR count). The molecule has 0 amide bonds. The van der Waals surface area contributed by atoms with Gasteiger partial charge in [-0.25, -0.2) is 4.68 Å². The molecular weight excluding hydrogens is 390 g/mol. The summed E-state index contributed by atoms with van der Waals surface area (Å²) in [5.41, 5.74) is 0.625. The number of aliphatic carboxylic acids is 1. The third-order valence-corrected chi connectivity index (χ3v) is 6.51. The molecule has 0 saturated heterocycles. The first kappa shape index (κ1) is 23.0. The van der Waals surface area contributed by atoms with Crippen molar-refractivity contribution < 1.29 is 14.6 Å². The van der Waals surface area contributed by atoms with Gasteiger partial charge in [0, 0.05) is 32.9 Å². The molecule has 0 aliphatic heterocycles. The molecule has 0 aliphatic carbocycles. The van der Waals surface area contributed by atoms with E-state index in [0.29, 0.717) is 25.3 Å². The Morgan fingerprint density at radius 3 is 2.69 bits per heavy atom. The van der Waals surface area contributed by atoms with E-state index in [2.05, 4.69) is 40.2 Å². The maximum Gasteiger partial charge on any atom is 0.307 e. The smallest absolute Gasteiger partial charge is 0.307 e. The minimum absolute atomic E-state index is 0.188. The van der Waals surface area contributed by atoms with Crippen LogP contribution in [0.5, 0.6) is 0 Å². The number of nitrogens with zero attached hydrogens (tertiary/aromatic N) is 4. The number of carbonyl (C=O) groups is 1. The first-order chi connectivity index (χ1) is 13.7. The standard InChI is InChI=1S/C19H31N5O4Si/c1-5-6-15(19(26)27)16(11-14-7-8-17(25)20-12-14)18-21-22-23-24(18)13-28-9-10-29(2,3)4/h7-8,12,15-16H,5-6,9-11,13H2,1-4H3,(H,20,25)(H,26,27)/t15-,16-/m0/s1. The fourth-order valence-corrected chi connectivity index (χ4v) is 3.90. The van der Waals surface area contributed by atoms with Crippen molar-refractivity contribution in [1.29, 1.82) is 0 Å². The number of rotatable bonds is 12. The number of aromatic amines is 1. The lowest BCUT2D eigenvalue weighted by atomic mass is 9.83. The summed E-state index contributed by atoms with van der Waals surface area (Å²) in [6.45, 7) is 9.60. The van der Waals surface area contributed by atoms with E-state index < -0.39 is 25.9 Å². The van der Waals surface area contributed by atoms with Gasteiger partial charge < -0.3 is 14.8 Å². The minimum Gasteiger partial charge on any atom is -0.481 e. The Balaban J connectivity index is 2.24. The number of aromatic nitrogens is 5. The zero-order valence-electron chi connectivity index (χ0n) is 17.6. The SMILES string of the molecule is CCC[C@H](C(=O)O)[C@H](Cc1ccc(=O)[nH]c1)c1nnnn1COCC[Si](C)(C)C. The second kappa shape index (κ2) is 10.4. The van der Waals surface area contributed by atoms with Gasteiger partial charge in [-0.2, -0.15) is 0 Å². The summed E-state index contributed by atoms with van der Waals surface area (Å²) in [5.74, 6) is -1.46. The van der Waals surface area contributed by atoms with Crippen molar-refractivity contribution in [2.45, 2.75) is 64.5 Å². The molecule has 9 nitrogen and oxygen atoms in total. The highest BCUT2D eigenvalue weighted by Crippen LogP contribution is 2.30. The Bertz CT molecular complexity index is 825. The highest BCUT2D eigenvalue weighted by atomic mass is 28.3. The van der Waals surface area contributed by atoms with Gasteiger partial charge in [0.05, 0.1) is 5.92 Å². The summed E-state index contributed by atoms with van der Waals surface area (Å²) < 4.78 is 7.32. The van der Waals surface area contributed by atoms with Crippen LogP contribution in [0, 0.1) is 5.92 Å². The van der Waals surface area contributed by atoms with E-state index >= 15 is 0 Å². The van der Waals surface area contributed by atoms with E-state index in [0.717, 1.165) is 18.0 Å². The zero-order valence-corrected chi connectivity index (χ0v) is 18.6. The molecule has 0 unspecified atom stereocenters. The van der Waals surface area contributed by atoms with Crippen molar-refractivity contribution in [1.82, 2.24) is 25.2 Å². The molecular formula is C19H31N5O4Si. The number of nitrogens with one attached hydrogen (secondary N) is 1. The highest BCUT2D eigenvalue weighted by Gasteiger charge is 2.33. The lowest BCUT2D eigenvalue weighted by Gasteiger charge is -2.23. The molecule has 2 aromatic rings. The van der Waals surface area contributed by atoms with Crippen molar-refractivity contribution in [2.24, 2.45) is 5.92 Å². The summed E-state index contributed by atoms with van der Waals surface area (Å²) >= 11 is 0. The normalized spacial score (nSPS) is 13.9. The Morgan fingerprint density at radius 2 is 2.10 bits per heavy atom. The third-order valence-electron chi connectivity index (χ3n) is 4.81. The van der Waals surface area contributed by atoms with E-state index in [9.17, 15) is 14.7 Å². The molecule has 2 atom stereocenters. The quantitative estimate of drug-likeness (QED) is 0.399. The third kappa shape index (κ3) is 7.21. The van der Waals surface area contributed by atoms with E-state index in [4.69, 9.17) is 4.74 Å². The van der Waals surface area contributed by atoms with E-state index in [1.165, 1.54) is 6.07 Å². The van der Waals surface area contributed by atoms with Crippen LogP contribution in [-0.2, 0) is 22.7 Å².